The van der Waals surface area contributed by atoms with Gasteiger partial charge in [0, 0.05) is 23.4 Å². The maximum atomic E-state index is 12.4. The van der Waals surface area contributed by atoms with Crippen LogP contribution in [0, 0.1) is 0 Å². The average molecular weight is 327 g/mol. The SMILES string of the molecule is CCNCc1cn[nH]c1S(=O)(=O)Nc1nc(C2CC2)cs1. The van der Waals surface area contributed by atoms with E-state index in [2.05, 4.69) is 25.2 Å². The lowest BCUT2D eigenvalue weighted by Gasteiger charge is -2.06. The second-order valence-electron chi connectivity index (χ2n) is 4.96. The zero-order valence-corrected chi connectivity index (χ0v) is 13.2. The molecule has 9 heteroatoms. The molecule has 0 spiro atoms. The molecule has 114 valence electrons. The van der Waals surface area contributed by atoms with Gasteiger partial charge in [-0.05, 0) is 19.4 Å². The molecule has 0 aromatic carbocycles. The first-order chi connectivity index (χ1) is 10.1. The molecule has 0 aliphatic heterocycles. The Labute approximate surface area is 127 Å². The van der Waals surface area contributed by atoms with Crippen LogP contribution < -0.4 is 10.0 Å². The molecule has 0 atom stereocenters. The fourth-order valence-electron chi connectivity index (χ4n) is 1.98. The molecule has 1 saturated carbocycles. The summed E-state index contributed by atoms with van der Waals surface area (Å²) in [6.07, 6.45) is 3.81. The van der Waals surface area contributed by atoms with Crippen LogP contribution in [0.2, 0.25) is 0 Å². The number of H-pyrrole nitrogens is 1. The highest BCUT2D eigenvalue weighted by Gasteiger charge is 2.27. The third-order valence-electron chi connectivity index (χ3n) is 3.25. The Kier molecular flexibility index (Phi) is 3.96. The molecule has 7 nitrogen and oxygen atoms in total. The van der Waals surface area contributed by atoms with Crippen LogP contribution in [-0.4, -0.2) is 30.1 Å². The standard InChI is InChI=1S/C12H17N5O2S2/c1-2-13-5-9-6-14-16-11(9)21(18,19)17-12-15-10(7-20-12)8-3-4-8/h6-8,13H,2-5H2,1H3,(H,14,16)(H,15,17). The van der Waals surface area contributed by atoms with Gasteiger partial charge >= 0.3 is 0 Å². The second kappa shape index (κ2) is 5.74. The van der Waals surface area contributed by atoms with Crippen LogP contribution in [0.1, 0.15) is 36.9 Å². The lowest BCUT2D eigenvalue weighted by Crippen LogP contribution is -2.18. The van der Waals surface area contributed by atoms with Crippen molar-refractivity contribution in [2.75, 3.05) is 11.3 Å². The zero-order chi connectivity index (χ0) is 14.9. The first kappa shape index (κ1) is 14.5. The number of nitrogens with one attached hydrogen (secondary N) is 3. The minimum absolute atomic E-state index is 0.0895. The van der Waals surface area contributed by atoms with Gasteiger partial charge in [-0.3, -0.25) is 9.82 Å². The molecule has 0 amide bonds. The van der Waals surface area contributed by atoms with Crippen LogP contribution in [0.4, 0.5) is 5.13 Å². The molecule has 2 aromatic heterocycles. The van der Waals surface area contributed by atoms with Crippen LogP contribution >= 0.6 is 11.3 Å². The van der Waals surface area contributed by atoms with Crippen LogP contribution in [0.15, 0.2) is 16.6 Å². The first-order valence-electron chi connectivity index (χ1n) is 6.81. The Balaban J connectivity index is 1.77. The summed E-state index contributed by atoms with van der Waals surface area (Å²) in [4.78, 5) is 4.34. The first-order valence-corrected chi connectivity index (χ1v) is 9.17. The molecule has 2 aromatic rings. The molecule has 0 radical (unpaired) electrons. The van der Waals surface area contributed by atoms with Crippen molar-refractivity contribution in [3.05, 3.63) is 22.8 Å². The van der Waals surface area contributed by atoms with Gasteiger partial charge in [-0.25, -0.2) is 4.98 Å². The summed E-state index contributed by atoms with van der Waals surface area (Å²) in [5, 5.41) is 11.9. The summed E-state index contributed by atoms with van der Waals surface area (Å²) >= 11 is 1.31. The van der Waals surface area contributed by atoms with Crippen LogP contribution in [-0.2, 0) is 16.6 Å². The molecule has 2 heterocycles. The van der Waals surface area contributed by atoms with E-state index in [4.69, 9.17) is 0 Å². The number of thiazole rings is 1. The van der Waals surface area contributed by atoms with Gasteiger partial charge in [0.05, 0.1) is 11.9 Å². The Morgan fingerprint density at radius 2 is 2.29 bits per heavy atom. The molecule has 1 aliphatic carbocycles. The van der Waals surface area contributed by atoms with Gasteiger partial charge in [0.2, 0.25) is 0 Å². The molecule has 0 unspecified atom stereocenters. The molecule has 3 rings (SSSR count). The summed E-state index contributed by atoms with van der Waals surface area (Å²) in [5.41, 5.74) is 1.60. The normalized spacial score (nSPS) is 15.3. The second-order valence-corrected chi connectivity index (χ2v) is 7.44. The summed E-state index contributed by atoms with van der Waals surface area (Å²) in [7, 11) is -3.68. The van der Waals surface area contributed by atoms with E-state index >= 15 is 0 Å². The number of rotatable bonds is 7. The van der Waals surface area contributed by atoms with E-state index in [-0.39, 0.29) is 5.03 Å². The number of sulfonamides is 1. The van der Waals surface area contributed by atoms with E-state index in [9.17, 15) is 8.42 Å². The van der Waals surface area contributed by atoms with Crippen molar-refractivity contribution in [3.63, 3.8) is 0 Å². The van der Waals surface area contributed by atoms with Gasteiger partial charge in [0.15, 0.2) is 10.2 Å². The van der Waals surface area contributed by atoms with Crippen molar-refractivity contribution < 1.29 is 8.42 Å². The molecular formula is C12H17N5O2S2. The minimum Gasteiger partial charge on any atom is -0.313 e. The number of nitrogens with zero attached hydrogens (tertiary/aromatic N) is 2. The number of aromatic nitrogens is 3. The molecule has 0 bridgehead atoms. The highest BCUT2D eigenvalue weighted by molar-refractivity contribution is 7.92. The van der Waals surface area contributed by atoms with Crippen molar-refractivity contribution in [1.29, 1.82) is 0 Å². The lowest BCUT2D eigenvalue weighted by atomic mass is 10.3. The van der Waals surface area contributed by atoms with Crippen LogP contribution in [0.3, 0.4) is 0 Å². The largest absolute Gasteiger partial charge is 0.313 e. The van der Waals surface area contributed by atoms with Gasteiger partial charge < -0.3 is 5.32 Å². The Morgan fingerprint density at radius 1 is 1.48 bits per heavy atom. The number of hydrogen-bond donors (Lipinski definition) is 3. The van der Waals surface area contributed by atoms with Crippen molar-refractivity contribution in [2.24, 2.45) is 0 Å². The van der Waals surface area contributed by atoms with Gasteiger partial charge in [0.25, 0.3) is 10.0 Å². The van der Waals surface area contributed by atoms with E-state index in [1.807, 2.05) is 12.3 Å². The van der Waals surface area contributed by atoms with E-state index in [0.717, 1.165) is 25.1 Å². The summed E-state index contributed by atoms with van der Waals surface area (Å²) in [6, 6.07) is 0. The fourth-order valence-corrected chi connectivity index (χ4v) is 4.16. The van der Waals surface area contributed by atoms with Crippen molar-refractivity contribution >= 4 is 26.5 Å². The number of hydrogen-bond acceptors (Lipinski definition) is 6. The van der Waals surface area contributed by atoms with Gasteiger partial charge in [0.1, 0.15) is 0 Å². The molecule has 0 saturated heterocycles. The molecule has 1 aliphatic rings. The van der Waals surface area contributed by atoms with Crippen LogP contribution in [0.5, 0.6) is 0 Å². The molecular weight excluding hydrogens is 310 g/mol. The van der Waals surface area contributed by atoms with Crippen molar-refractivity contribution in [1.82, 2.24) is 20.5 Å². The van der Waals surface area contributed by atoms with Gasteiger partial charge in [-0.15, -0.1) is 11.3 Å². The van der Waals surface area contributed by atoms with Crippen molar-refractivity contribution in [3.8, 4) is 0 Å². The molecule has 1 fully saturated rings. The molecule has 3 N–H and O–H groups in total. The van der Waals surface area contributed by atoms with Gasteiger partial charge in [-0.1, -0.05) is 6.92 Å². The van der Waals surface area contributed by atoms with Crippen molar-refractivity contribution in [2.45, 2.75) is 37.3 Å². The lowest BCUT2D eigenvalue weighted by molar-refractivity contribution is 0.594. The van der Waals surface area contributed by atoms with E-state index in [0.29, 0.717) is 23.2 Å². The summed E-state index contributed by atoms with van der Waals surface area (Å²) < 4.78 is 27.3. The minimum atomic E-state index is -3.68. The maximum Gasteiger partial charge on any atom is 0.280 e. The third kappa shape index (κ3) is 3.25. The topological polar surface area (TPSA) is 99.8 Å². The summed E-state index contributed by atoms with van der Waals surface area (Å²) in [5.74, 6) is 0.510. The van der Waals surface area contributed by atoms with Crippen LogP contribution in [0.25, 0.3) is 0 Å². The number of aromatic amines is 1. The van der Waals surface area contributed by atoms with E-state index in [1.54, 1.807) is 0 Å². The predicted octanol–water partition coefficient (Wildman–Crippen LogP) is 1.65. The Morgan fingerprint density at radius 3 is 3.00 bits per heavy atom. The highest BCUT2D eigenvalue weighted by atomic mass is 32.2. The molecule has 21 heavy (non-hydrogen) atoms. The van der Waals surface area contributed by atoms with E-state index < -0.39 is 10.0 Å². The zero-order valence-electron chi connectivity index (χ0n) is 11.6. The highest BCUT2D eigenvalue weighted by Crippen LogP contribution is 2.41. The Hall–Kier alpha value is -1.45. The predicted molar refractivity (Wildman–Crippen MR) is 80.9 cm³/mol. The Bertz CT molecular complexity index is 718. The third-order valence-corrected chi connectivity index (χ3v) is 5.51. The van der Waals surface area contributed by atoms with E-state index in [1.165, 1.54) is 17.5 Å². The maximum absolute atomic E-state index is 12.4. The fraction of sp³-hybridized carbons (Fsp3) is 0.500. The van der Waals surface area contributed by atoms with Gasteiger partial charge in [-0.2, -0.15) is 13.5 Å². The summed E-state index contributed by atoms with van der Waals surface area (Å²) in [6.45, 7) is 3.17. The monoisotopic (exact) mass is 327 g/mol. The number of anilines is 1. The smallest absolute Gasteiger partial charge is 0.280 e. The average Bonchev–Trinajstić information content (AvgIpc) is 3.00. The quantitative estimate of drug-likeness (QED) is 0.718.